The zero-order valence-corrected chi connectivity index (χ0v) is 9.96. The van der Waals surface area contributed by atoms with Gasteiger partial charge in [-0.05, 0) is 5.56 Å². The van der Waals surface area contributed by atoms with E-state index in [0.717, 1.165) is 5.56 Å². The van der Waals surface area contributed by atoms with Gasteiger partial charge in [-0.3, -0.25) is 0 Å². The summed E-state index contributed by atoms with van der Waals surface area (Å²) in [6.45, 7) is 0.160. The lowest BCUT2D eigenvalue weighted by Crippen LogP contribution is -2.43. The van der Waals surface area contributed by atoms with Crippen LogP contribution in [0.15, 0.2) is 30.3 Å². The van der Waals surface area contributed by atoms with Gasteiger partial charge in [0, 0.05) is 0 Å². The highest BCUT2D eigenvalue weighted by molar-refractivity contribution is 5.79. The van der Waals surface area contributed by atoms with Crippen molar-refractivity contribution in [3.05, 3.63) is 35.9 Å². The van der Waals surface area contributed by atoms with Gasteiger partial charge in [-0.15, -0.1) is 0 Å². The predicted molar refractivity (Wildman–Crippen MR) is 63.1 cm³/mol. The van der Waals surface area contributed by atoms with E-state index in [2.05, 4.69) is 10.1 Å². The van der Waals surface area contributed by atoms with Crippen LogP contribution in [0.3, 0.4) is 0 Å². The first-order valence-electron chi connectivity index (χ1n) is 5.32. The van der Waals surface area contributed by atoms with E-state index in [4.69, 9.17) is 9.84 Å². The van der Waals surface area contributed by atoms with Gasteiger partial charge in [0.15, 0.2) is 6.04 Å². The molecule has 1 unspecified atom stereocenters. The Bertz CT molecular complexity index is 393. The molecule has 0 aliphatic carbocycles. The second-order valence-corrected chi connectivity index (χ2v) is 3.53. The molecule has 6 nitrogen and oxygen atoms in total. The Hall–Kier alpha value is -2.08. The lowest BCUT2D eigenvalue weighted by molar-refractivity contribution is -0.141. The number of nitrogens with one attached hydrogen (secondary N) is 1. The number of benzene rings is 1. The van der Waals surface area contributed by atoms with Gasteiger partial charge in [0.1, 0.15) is 0 Å². The Balaban J connectivity index is 2.38. The number of carbonyl (C=O) groups is 2. The lowest BCUT2D eigenvalue weighted by Gasteiger charge is -2.13. The minimum Gasteiger partial charge on any atom is -0.480 e. The fourth-order valence-electron chi connectivity index (χ4n) is 1.24. The van der Waals surface area contributed by atoms with Gasteiger partial charge in [0.2, 0.25) is 0 Å². The highest BCUT2D eigenvalue weighted by Crippen LogP contribution is 2.01. The van der Waals surface area contributed by atoms with Crippen LogP contribution < -0.4 is 5.32 Å². The molecule has 0 aromatic heterocycles. The maximum atomic E-state index is 10.9. The minimum absolute atomic E-state index is 0.126. The average Bonchev–Trinajstić information content (AvgIpc) is 2.38. The number of hydrogen-bond donors (Lipinski definition) is 2. The van der Waals surface area contributed by atoms with Crippen LogP contribution in [0.2, 0.25) is 0 Å². The summed E-state index contributed by atoms with van der Waals surface area (Å²) in [7, 11) is 1.17. The van der Waals surface area contributed by atoms with Crippen LogP contribution in [0.25, 0.3) is 0 Å². The predicted octanol–water partition coefficient (Wildman–Crippen LogP) is 1.01. The summed E-state index contributed by atoms with van der Waals surface area (Å²) in [4.78, 5) is 21.8. The zero-order valence-electron chi connectivity index (χ0n) is 9.96. The van der Waals surface area contributed by atoms with Crippen LogP contribution >= 0.6 is 0 Å². The fraction of sp³-hybridized carbons (Fsp3) is 0.333. The molecule has 1 amide bonds. The fourth-order valence-corrected chi connectivity index (χ4v) is 1.24. The normalized spacial score (nSPS) is 11.6. The second-order valence-electron chi connectivity index (χ2n) is 3.53. The number of methoxy groups -OCH3 is 1. The Morgan fingerprint density at radius 3 is 2.56 bits per heavy atom. The Kier molecular flexibility index (Phi) is 5.66. The molecular weight excluding hydrogens is 238 g/mol. The summed E-state index contributed by atoms with van der Waals surface area (Å²) >= 11 is 0. The monoisotopic (exact) mass is 253 g/mol. The molecule has 6 heteroatoms. The van der Waals surface area contributed by atoms with Gasteiger partial charge in [0.25, 0.3) is 0 Å². The molecule has 0 heterocycles. The quantitative estimate of drug-likeness (QED) is 0.790. The molecule has 18 heavy (non-hydrogen) atoms. The van der Waals surface area contributed by atoms with Crippen LogP contribution in [0.1, 0.15) is 5.56 Å². The number of aliphatic carboxylic acids is 1. The van der Waals surface area contributed by atoms with Gasteiger partial charge < -0.3 is 19.9 Å². The van der Waals surface area contributed by atoms with Crippen molar-refractivity contribution in [3.63, 3.8) is 0 Å². The van der Waals surface area contributed by atoms with Gasteiger partial charge in [-0.25, -0.2) is 9.59 Å². The summed E-state index contributed by atoms with van der Waals surface area (Å²) in [6, 6.07) is 8.20. The van der Waals surface area contributed by atoms with Crippen LogP contribution in [0.5, 0.6) is 0 Å². The number of carbonyl (C=O) groups excluding carboxylic acids is 1. The number of hydrogen-bond acceptors (Lipinski definition) is 4. The maximum absolute atomic E-state index is 10.9. The topological polar surface area (TPSA) is 84.9 Å². The van der Waals surface area contributed by atoms with E-state index in [1.807, 2.05) is 30.3 Å². The van der Waals surface area contributed by atoms with Gasteiger partial charge in [-0.2, -0.15) is 0 Å². The molecule has 0 aliphatic rings. The molecule has 1 atom stereocenters. The van der Waals surface area contributed by atoms with Crippen LogP contribution in [-0.2, 0) is 20.9 Å². The molecule has 0 spiro atoms. The number of carboxylic acid groups (broad SMARTS) is 1. The molecule has 98 valence electrons. The van der Waals surface area contributed by atoms with Crippen molar-refractivity contribution in [1.29, 1.82) is 0 Å². The average molecular weight is 253 g/mol. The van der Waals surface area contributed by atoms with Crippen LogP contribution in [0, 0.1) is 0 Å². The summed E-state index contributed by atoms with van der Waals surface area (Å²) in [5.74, 6) is -1.17. The summed E-state index contributed by atoms with van der Waals surface area (Å²) in [5, 5.41) is 11.0. The van der Waals surface area contributed by atoms with Crippen molar-refractivity contribution in [1.82, 2.24) is 5.32 Å². The third kappa shape index (κ3) is 4.84. The third-order valence-corrected chi connectivity index (χ3v) is 2.17. The van der Waals surface area contributed by atoms with E-state index in [9.17, 15) is 9.59 Å². The molecule has 0 bridgehead atoms. The summed E-state index contributed by atoms with van der Waals surface area (Å²) in [6.07, 6.45) is -0.800. The molecule has 0 fully saturated rings. The number of carboxylic acids is 1. The number of rotatable bonds is 6. The molecule has 0 saturated carbocycles. The van der Waals surface area contributed by atoms with E-state index < -0.39 is 18.1 Å². The maximum Gasteiger partial charge on any atom is 0.407 e. The third-order valence-electron chi connectivity index (χ3n) is 2.17. The largest absolute Gasteiger partial charge is 0.480 e. The van der Waals surface area contributed by atoms with Gasteiger partial charge in [0.05, 0.1) is 20.3 Å². The standard InChI is InChI=1S/C12H15NO5/c1-17-12(16)13-10(11(14)15)8-18-7-9-5-3-2-4-6-9/h2-6,10H,7-8H2,1H3,(H,13,16)(H,14,15). The smallest absolute Gasteiger partial charge is 0.407 e. The highest BCUT2D eigenvalue weighted by atomic mass is 16.5. The number of alkyl carbamates (subject to hydrolysis) is 1. The van der Waals surface area contributed by atoms with Crippen LogP contribution in [0.4, 0.5) is 4.79 Å². The van der Waals surface area contributed by atoms with E-state index >= 15 is 0 Å². The number of ether oxygens (including phenoxy) is 2. The van der Waals surface area contributed by atoms with Crippen molar-refractivity contribution < 1.29 is 24.2 Å². The Morgan fingerprint density at radius 2 is 2.00 bits per heavy atom. The van der Waals surface area contributed by atoms with Crippen molar-refractivity contribution >= 4 is 12.1 Å². The molecular formula is C12H15NO5. The lowest BCUT2D eigenvalue weighted by atomic mass is 10.2. The van der Waals surface area contributed by atoms with E-state index in [1.165, 1.54) is 7.11 Å². The molecule has 1 aromatic carbocycles. The molecule has 0 radical (unpaired) electrons. The first-order chi connectivity index (χ1) is 8.63. The molecule has 1 aromatic rings. The van der Waals surface area contributed by atoms with E-state index in [1.54, 1.807) is 0 Å². The Morgan fingerprint density at radius 1 is 1.33 bits per heavy atom. The van der Waals surface area contributed by atoms with E-state index in [-0.39, 0.29) is 13.2 Å². The van der Waals surface area contributed by atoms with Crippen molar-refractivity contribution in [2.45, 2.75) is 12.6 Å². The Labute approximate surface area is 105 Å². The first kappa shape index (κ1) is 14.0. The molecule has 0 saturated heterocycles. The highest BCUT2D eigenvalue weighted by Gasteiger charge is 2.20. The van der Waals surface area contributed by atoms with E-state index in [0.29, 0.717) is 0 Å². The van der Waals surface area contributed by atoms with Crippen LogP contribution in [-0.4, -0.2) is 36.9 Å². The second kappa shape index (κ2) is 7.29. The first-order valence-corrected chi connectivity index (χ1v) is 5.32. The van der Waals surface area contributed by atoms with Crippen molar-refractivity contribution in [3.8, 4) is 0 Å². The summed E-state index contributed by atoms with van der Waals surface area (Å²) in [5.41, 5.74) is 0.930. The molecule has 2 N–H and O–H groups in total. The zero-order chi connectivity index (χ0) is 13.4. The number of amides is 1. The molecule has 1 rings (SSSR count). The minimum atomic E-state index is -1.17. The van der Waals surface area contributed by atoms with Crippen molar-refractivity contribution in [2.24, 2.45) is 0 Å². The molecule has 0 aliphatic heterocycles. The summed E-state index contributed by atoms with van der Waals surface area (Å²) < 4.78 is 9.56. The van der Waals surface area contributed by atoms with Gasteiger partial charge >= 0.3 is 12.1 Å². The SMILES string of the molecule is COC(=O)NC(COCc1ccccc1)C(=O)O. The van der Waals surface area contributed by atoms with Crippen molar-refractivity contribution in [2.75, 3.05) is 13.7 Å². The van der Waals surface area contributed by atoms with Gasteiger partial charge in [-0.1, -0.05) is 30.3 Å².